The number of methoxy groups -OCH3 is 1. The number of phenolic OH excluding ortho intramolecular Hbond substituents is 1. The Kier molecular flexibility index (Phi) is 6.72. The molecule has 0 aliphatic heterocycles. The van der Waals surface area contributed by atoms with E-state index in [1.807, 2.05) is 25.1 Å². The van der Waals surface area contributed by atoms with Gasteiger partial charge in [-0.25, -0.2) is 0 Å². The number of rotatable bonds is 8. The summed E-state index contributed by atoms with van der Waals surface area (Å²) in [6, 6.07) is 5.39. The first-order valence-corrected chi connectivity index (χ1v) is 6.72. The van der Waals surface area contributed by atoms with E-state index in [-0.39, 0.29) is 11.5 Å². The van der Waals surface area contributed by atoms with Gasteiger partial charge in [0.05, 0.1) is 7.11 Å². The van der Waals surface area contributed by atoms with Crippen LogP contribution >= 0.6 is 0 Å². The van der Waals surface area contributed by atoms with Crippen molar-refractivity contribution in [2.24, 2.45) is 0 Å². The molecule has 0 spiro atoms. The summed E-state index contributed by atoms with van der Waals surface area (Å²) in [6.07, 6.45) is 7.92. The van der Waals surface area contributed by atoms with Crippen molar-refractivity contribution >= 4 is 5.78 Å². The van der Waals surface area contributed by atoms with Gasteiger partial charge in [0.1, 0.15) is 0 Å². The minimum absolute atomic E-state index is 0.163. The first kappa shape index (κ1) is 15.3. The van der Waals surface area contributed by atoms with Crippen molar-refractivity contribution in [1.82, 2.24) is 0 Å². The fraction of sp³-hybridized carbons (Fsp3) is 0.438. The molecule has 1 rings (SSSR count). The number of aryl methyl sites for hydroxylation is 1. The number of unbranched alkanes of at least 4 members (excludes halogenated alkanes) is 1. The summed E-state index contributed by atoms with van der Waals surface area (Å²) in [5.41, 5.74) is 1.13. The maximum absolute atomic E-state index is 11.3. The molecule has 0 atom stereocenters. The van der Waals surface area contributed by atoms with Crippen molar-refractivity contribution < 1.29 is 14.6 Å². The van der Waals surface area contributed by atoms with E-state index in [1.165, 1.54) is 0 Å². The van der Waals surface area contributed by atoms with Gasteiger partial charge in [0.2, 0.25) is 0 Å². The van der Waals surface area contributed by atoms with Gasteiger partial charge in [0.15, 0.2) is 17.3 Å². The molecule has 0 aromatic heterocycles. The van der Waals surface area contributed by atoms with Gasteiger partial charge in [0, 0.05) is 6.42 Å². The predicted molar refractivity (Wildman–Crippen MR) is 76.7 cm³/mol. The third-order valence-electron chi connectivity index (χ3n) is 2.88. The largest absolute Gasteiger partial charge is 0.504 e. The molecular formula is C16H22O3. The van der Waals surface area contributed by atoms with Gasteiger partial charge in [-0.05, 0) is 49.5 Å². The lowest BCUT2D eigenvalue weighted by molar-refractivity contribution is -0.114. The molecule has 3 heteroatoms. The maximum atomic E-state index is 11.3. The minimum atomic E-state index is 0.163. The molecule has 1 aromatic carbocycles. The third-order valence-corrected chi connectivity index (χ3v) is 2.88. The SMILES string of the molecule is CCCC(=O)C=CCCCc1ccc(O)c(OC)c1. The Labute approximate surface area is 114 Å². The normalized spacial score (nSPS) is 10.8. The molecule has 0 saturated heterocycles. The summed E-state index contributed by atoms with van der Waals surface area (Å²) in [5, 5.41) is 9.48. The first-order chi connectivity index (χ1) is 9.17. The smallest absolute Gasteiger partial charge is 0.160 e. The van der Waals surface area contributed by atoms with Gasteiger partial charge < -0.3 is 9.84 Å². The molecule has 0 bridgehead atoms. The van der Waals surface area contributed by atoms with Gasteiger partial charge in [0.25, 0.3) is 0 Å². The topological polar surface area (TPSA) is 46.5 Å². The van der Waals surface area contributed by atoms with Crippen LogP contribution in [0, 0.1) is 0 Å². The lowest BCUT2D eigenvalue weighted by atomic mass is 10.1. The lowest BCUT2D eigenvalue weighted by Crippen LogP contribution is -1.91. The molecule has 19 heavy (non-hydrogen) atoms. The zero-order valence-electron chi connectivity index (χ0n) is 11.7. The molecule has 0 fully saturated rings. The summed E-state index contributed by atoms with van der Waals surface area (Å²) in [4.78, 5) is 11.3. The van der Waals surface area contributed by atoms with Gasteiger partial charge in [-0.15, -0.1) is 0 Å². The van der Waals surface area contributed by atoms with Crippen molar-refractivity contribution in [3.05, 3.63) is 35.9 Å². The number of allylic oxidation sites excluding steroid dienone is 2. The summed E-state index contributed by atoms with van der Waals surface area (Å²) in [6.45, 7) is 2.00. The van der Waals surface area contributed by atoms with Gasteiger partial charge >= 0.3 is 0 Å². The highest BCUT2D eigenvalue weighted by Crippen LogP contribution is 2.26. The van der Waals surface area contributed by atoms with Crippen molar-refractivity contribution in [2.45, 2.75) is 39.0 Å². The Morgan fingerprint density at radius 3 is 2.89 bits per heavy atom. The van der Waals surface area contributed by atoms with Crippen LogP contribution in [0.2, 0.25) is 0 Å². The van der Waals surface area contributed by atoms with Crippen LogP contribution in [0.15, 0.2) is 30.4 Å². The standard InChI is InChI=1S/C16H22O3/c1-3-7-14(17)9-6-4-5-8-13-10-11-15(18)16(12-13)19-2/h6,9-12,18H,3-5,7-8H2,1-2H3. The van der Waals surface area contributed by atoms with E-state index in [0.29, 0.717) is 12.2 Å². The average Bonchev–Trinajstić information content (AvgIpc) is 2.40. The van der Waals surface area contributed by atoms with Crippen LogP contribution in [-0.4, -0.2) is 18.0 Å². The Morgan fingerprint density at radius 2 is 2.21 bits per heavy atom. The number of hydrogen-bond acceptors (Lipinski definition) is 3. The van der Waals surface area contributed by atoms with Crippen LogP contribution in [0.25, 0.3) is 0 Å². The number of ether oxygens (including phenoxy) is 1. The summed E-state index contributed by atoms with van der Waals surface area (Å²) in [5.74, 6) is 0.872. The van der Waals surface area contributed by atoms with Gasteiger partial charge in [-0.1, -0.05) is 19.1 Å². The fourth-order valence-corrected chi connectivity index (χ4v) is 1.85. The molecular weight excluding hydrogens is 240 g/mol. The monoisotopic (exact) mass is 262 g/mol. The summed E-state index contributed by atoms with van der Waals surface area (Å²) >= 11 is 0. The molecule has 0 heterocycles. The lowest BCUT2D eigenvalue weighted by Gasteiger charge is -2.05. The van der Waals surface area contributed by atoms with Crippen molar-refractivity contribution in [2.75, 3.05) is 7.11 Å². The van der Waals surface area contributed by atoms with Crippen LogP contribution in [-0.2, 0) is 11.2 Å². The molecule has 3 nitrogen and oxygen atoms in total. The highest BCUT2D eigenvalue weighted by atomic mass is 16.5. The zero-order valence-corrected chi connectivity index (χ0v) is 11.7. The van der Waals surface area contributed by atoms with Crippen LogP contribution in [0.4, 0.5) is 0 Å². The number of carbonyl (C=O) groups is 1. The van der Waals surface area contributed by atoms with Gasteiger partial charge in [-0.3, -0.25) is 4.79 Å². The number of ketones is 1. The molecule has 0 saturated carbocycles. The number of aromatic hydroxyl groups is 1. The first-order valence-electron chi connectivity index (χ1n) is 6.72. The summed E-state index contributed by atoms with van der Waals surface area (Å²) in [7, 11) is 1.54. The predicted octanol–water partition coefficient (Wildman–Crippen LogP) is 3.65. The molecule has 0 aliphatic rings. The molecule has 0 amide bonds. The average molecular weight is 262 g/mol. The van der Waals surface area contributed by atoms with E-state index in [1.54, 1.807) is 19.3 Å². The Balaban J connectivity index is 2.35. The van der Waals surface area contributed by atoms with Crippen molar-refractivity contribution in [1.29, 1.82) is 0 Å². The number of hydrogen-bond donors (Lipinski definition) is 1. The molecule has 1 N–H and O–H groups in total. The Hall–Kier alpha value is -1.77. The molecule has 0 radical (unpaired) electrons. The maximum Gasteiger partial charge on any atom is 0.160 e. The van der Waals surface area contributed by atoms with Crippen molar-refractivity contribution in [3.8, 4) is 11.5 Å². The second kappa shape index (κ2) is 8.35. The number of carbonyl (C=O) groups excluding carboxylic acids is 1. The van der Waals surface area contributed by atoms with Crippen LogP contribution < -0.4 is 4.74 Å². The fourth-order valence-electron chi connectivity index (χ4n) is 1.85. The highest BCUT2D eigenvalue weighted by molar-refractivity contribution is 5.89. The van der Waals surface area contributed by atoms with Crippen LogP contribution in [0.5, 0.6) is 11.5 Å². The Bertz CT molecular complexity index is 436. The molecule has 0 unspecified atom stereocenters. The summed E-state index contributed by atoms with van der Waals surface area (Å²) < 4.78 is 5.06. The number of phenols is 1. The second-order valence-corrected chi connectivity index (χ2v) is 4.52. The molecule has 1 aromatic rings. The second-order valence-electron chi connectivity index (χ2n) is 4.52. The molecule has 0 aliphatic carbocycles. The van der Waals surface area contributed by atoms with E-state index >= 15 is 0 Å². The third kappa shape index (κ3) is 5.60. The van der Waals surface area contributed by atoms with Crippen LogP contribution in [0.1, 0.15) is 38.2 Å². The van der Waals surface area contributed by atoms with Crippen molar-refractivity contribution in [3.63, 3.8) is 0 Å². The molecule has 104 valence electrons. The quantitative estimate of drug-likeness (QED) is 0.574. The Morgan fingerprint density at radius 1 is 1.42 bits per heavy atom. The zero-order chi connectivity index (χ0) is 14.1. The van der Waals surface area contributed by atoms with Gasteiger partial charge in [-0.2, -0.15) is 0 Å². The van der Waals surface area contributed by atoms with E-state index in [0.717, 1.165) is 31.2 Å². The van der Waals surface area contributed by atoms with E-state index < -0.39 is 0 Å². The van der Waals surface area contributed by atoms with E-state index in [2.05, 4.69) is 0 Å². The van der Waals surface area contributed by atoms with E-state index in [9.17, 15) is 9.90 Å². The number of benzene rings is 1. The van der Waals surface area contributed by atoms with E-state index in [4.69, 9.17) is 4.74 Å². The minimum Gasteiger partial charge on any atom is -0.504 e. The van der Waals surface area contributed by atoms with Crippen LogP contribution in [0.3, 0.4) is 0 Å². The highest BCUT2D eigenvalue weighted by Gasteiger charge is 2.02.